The van der Waals surface area contributed by atoms with Gasteiger partial charge in [-0.15, -0.1) is 6.58 Å². The van der Waals surface area contributed by atoms with E-state index in [0.29, 0.717) is 23.4 Å². The quantitative estimate of drug-likeness (QED) is 0.265. The third-order valence-electron chi connectivity index (χ3n) is 5.77. The van der Waals surface area contributed by atoms with Crippen LogP contribution in [-0.4, -0.2) is 17.8 Å². The van der Waals surface area contributed by atoms with Crippen molar-refractivity contribution in [2.75, 3.05) is 4.90 Å². The van der Waals surface area contributed by atoms with Crippen molar-refractivity contribution < 1.29 is 23.5 Å². The van der Waals surface area contributed by atoms with Crippen LogP contribution in [0.3, 0.4) is 0 Å². The number of aryl methyl sites for hydroxylation is 1. The third kappa shape index (κ3) is 5.41. The molecule has 4 rings (SSSR count). The average Bonchev–Trinajstić information content (AvgIpc) is 2.87. The number of benzene rings is 3. The molecule has 1 heterocycles. The maximum Gasteiger partial charge on any atom is 0.335 e. The number of hydrogen-bond donors (Lipinski definition) is 1. The topological polar surface area (TPSA) is 75.7 Å². The number of carbonyl (C=O) groups excluding carboxylic acids is 3. The van der Waals surface area contributed by atoms with E-state index in [4.69, 9.17) is 4.74 Å². The molecule has 0 aliphatic carbocycles. The summed E-state index contributed by atoms with van der Waals surface area (Å²) in [6.07, 6.45) is 4.48. The number of carbonyl (C=O) groups is 3. The van der Waals surface area contributed by atoms with E-state index in [2.05, 4.69) is 11.9 Å². The van der Waals surface area contributed by atoms with Gasteiger partial charge in [-0.25, -0.2) is 14.1 Å². The van der Waals surface area contributed by atoms with Gasteiger partial charge >= 0.3 is 6.03 Å². The minimum absolute atomic E-state index is 0.154. The van der Waals surface area contributed by atoms with Gasteiger partial charge in [0, 0.05) is 0 Å². The largest absolute Gasteiger partial charge is 0.489 e. The van der Waals surface area contributed by atoms with Crippen LogP contribution in [0.1, 0.15) is 29.2 Å². The molecule has 1 saturated heterocycles. The van der Waals surface area contributed by atoms with Crippen molar-refractivity contribution in [1.29, 1.82) is 0 Å². The average molecular weight is 485 g/mol. The number of barbiturate groups is 1. The van der Waals surface area contributed by atoms with E-state index in [-0.39, 0.29) is 18.0 Å². The Kier molecular flexibility index (Phi) is 7.39. The van der Waals surface area contributed by atoms with Gasteiger partial charge in [0.25, 0.3) is 11.8 Å². The van der Waals surface area contributed by atoms with E-state index in [1.807, 2.05) is 19.1 Å². The SMILES string of the molecule is C=CCc1cc(/C=C2/C(=O)NC(=O)N(c3ccc(CC)cc3)C2=O)ccc1OCc1ccc(F)cc1. The normalized spacial score (nSPS) is 14.7. The zero-order chi connectivity index (χ0) is 25.7. The van der Waals surface area contributed by atoms with E-state index in [1.165, 1.54) is 18.2 Å². The summed E-state index contributed by atoms with van der Waals surface area (Å²) < 4.78 is 19.1. The number of ether oxygens (including phenoxy) is 1. The minimum Gasteiger partial charge on any atom is -0.489 e. The summed E-state index contributed by atoms with van der Waals surface area (Å²) in [5, 5.41) is 2.24. The highest BCUT2D eigenvalue weighted by molar-refractivity contribution is 6.39. The standard InChI is InChI=1S/C29H25FN2O4/c1-3-5-22-16-21(10-15-26(22)36-18-20-6-11-23(30)12-7-20)17-25-27(33)31-29(35)32(28(25)34)24-13-8-19(4-2)9-14-24/h3,6-17H,1,4-5,18H2,2H3,(H,31,33,35)/b25-17-. The van der Waals surface area contributed by atoms with E-state index in [9.17, 15) is 18.8 Å². The lowest BCUT2D eigenvalue weighted by Crippen LogP contribution is -2.54. The number of imide groups is 2. The van der Waals surface area contributed by atoms with Gasteiger partial charge in [0.1, 0.15) is 23.7 Å². The first-order chi connectivity index (χ1) is 17.4. The molecule has 1 fully saturated rings. The molecule has 7 heteroatoms. The zero-order valence-electron chi connectivity index (χ0n) is 19.8. The third-order valence-corrected chi connectivity index (χ3v) is 5.77. The van der Waals surface area contributed by atoms with Crippen LogP contribution < -0.4 is 15.0 Å². The summed E-state index contributed by atoms with van der Waals surface area (Å²) in [6.45, 7) is 6.04. The molecule has 3 aromatic rings. The van der Waals surface area contributed by atoms with E-state index in [1.54, 1.807) is 48.5 Å². The van der Waals surface area contributed by atoms with Crippen molar-refractivity contribution >= 4 is 29.6 Å². The fourth-order valence-electron chi connectivity index (χ4n) is 3.83. The number of halogens is 1. The Morgan fingerprint density at radius 2 is 1.67 bits per heavy atom. The van der Waals surface area contributed by atoms with E-state index in [0.717, 1.165) is 28.0 Å². The summed E-state index contributed by atoms with van der Waals surface area (Å²) in [4.78, 5) is 39.1. The molecule has 0 bridgehead atoms. The maximum absolute atomic E-state index is 13.2. The molecule has 1 aliphatic heterocycles. The Bertz CT molecular complexity index is 1340. The summed E-state index contributed by atoms with van der Waals surface area (Å²) in [7, 11) is 0. The number of nitrogens with one attached hydrogen (secondary N) is 1. The summed E-state index contributed by atoms with van der Waals surface area (Å²) >= 11 is 0. The van der Waals surface area contributed by atoms with Crippen LogP contribution in [0.25, 0.3) is 6.08 Å². The van der Waals surface area contributed by atoms with Crippen LogP contribution in [0.4, 0.5) is 14.9 Å². The van der Waals surface area contributed by atoms with E-state index < -0.39 is 17.8 Å². The molecule has 0 unspecified atom stereocenters. The number of urea groups is 1. The lowest BCUT2D eigenvalue weighted by atomic mass is 10.0. The van der Waals surface area contributed by atoms with Crippen molar-refractivity contribution in [3.8, 4) is 5.75 Å². The predicted molar refractivity (Wildman–Crippen MR) is 136 cm³/mol. The molecule has 0 spiro atoms. The molecule has 1 aliphatic rings. The Labute approximate surface area is 208 Å². The first-order valence-corrected chi connectivity index (χ1v) is 11.5. The van der Waals surface area contributed by atoms with Gasteiger partial charge in [0.05, 0.1) is 5.69 Å². The predicted octanol–water partition coefficient (Wildman–Crippen LogP) is 5.36. The number of amides is 4. The van der Waals surface area contributed by atoms with Crippen LogP contribution in [-0.2, 0) is 29.0 Å². The molecule has 4 amide bonds. The minimum atomic E-state index is -0.789. The number of nitrogens with zero attached hydrogens (tertiary/aromatic N) is 1. The van der Waals surface area contributed by atoms with Crippen molar-refractivity contribution in [3.05, 3.63) is 113 Å². The molecule has 1 N–H and O–H groups in total. The molecule has 3 aromatic carbocycles. The van der Waals surface area contributed by atoms with Crippen molar-refractivity contribution in [1.82, 2.24) is 5.32 Å². The molecule has 0 aromatic heterocycles. The van der Waals surface area contributed by atoms with Crippen LogP contribution in [0.2, 0.25) is 0 Å². The van der Waals surface area contributed by atoms with Crippen LogP contribution in [0.5, 0.6) is 5.75 Å². The zero-order valence-corrected chi connectivity index (χ0v) is 19.8. The smallest absolute Gasteiger partial charge is 0.335 e. The molecular weight excluding hydrogens is 459 g/mol. The second-order valence-electron chi connectivity index (χ2n) is 8.25. The van der Waals surface area contributed by atoms with Gasteiger partial charge in [-0.3, -0.25) is 14.9 Å². The van der Waals surface area contributed by atoms with Crippen molar-refractivity contribution in [3.63, 3.8) is 0 Å². The lowest BCUT2D eigenvalue weighted by Gasteiger charge is -2.26. The van der Waals surface area contributed by atoms with Gasteiger partial charge in [-0.05, 0) is 77.6 Å². The lowest BCUT2D eigenvalue weighted by molar-refractivity contribution is -0.122. The molecule has 0 saturated carbocycles. The molecule has 0 atom stereocenters. The van der Waals surface area contributed by atoms with E-state index >= 15 is 0 Å². The number of rotatable bonds is 8. The van der Waals surface area contributed by atoms with Gasteiger partial charge in [0.2, 0.25) is 0 Å². The Hall–Kier alpha value is -4.52. The highest BCUT2D eigenvalue weighted by Gasteiger charge is 2.36. The Morgan fingerprint density at radius 3 is 2.33 bits per heavy atom. The van der Waals surface area contributed by atoms with Crippen molar-refractivity contribution in [2.24, 2.45) is 0 Å². The van der Waals surface area contributed by atoms with Crippen LogP contribution in [0.15, 0.2) is 85.0 Å². The van der Waals surface area contributed by atoms with Gasteiger partial charge in [0.15, 0.2) is 0 Å². The first-order valence-electron chi connectivity index (χ1n) is 11.5. The maximum atomic E-state index is 13.2. The number of anilines is 1. The highest BCUT2D eigenvalue weighted by Crippen LogP contribution is 2.26. The molecule has 6 nitrogen and oxygen atoms in total. The van der Waals surface area contributed by atoms with Crippen molar-refractivity contribution in [2.45, 2.75) is 26.4 Å². The first kappa shape index (κ1) is 24.6. The number of allylic oxidation sites excluding steroid dienone is 1. The number of hydrogen-bond acceptors (Lipinski definition) is 4. The molecular formula is C29H25FN2O4. The fourth-order valence-corrected chi connectivity index (χ4v) is 3.83. The molecule has 182 valence electrons. The summed E-state index contributed by atoms with van der Waals surface area (Å²) in [5.74, 6) is -1.17. The Morgan fingerprint density at radius 1 is 0.972 bits per heavy atom. The second kappa shape index (κ2) is 10.8. The highest BCUT2D eigenvalue weighted by atomic mass is 19.1. The van der Waals surface area contributed by atoms with Gasteiger partial charge in [-0.1, -0.05) is 43.3 Å². The summed E-state index contributed by atoms with van der Waals surface area (Å²) in [6, 6.07) is 17.5. The molecule has 36 heavy (non-hydrogen) atoms. The van der Waals surface area contributed by atoms with Crippen LogP contribution >= 0.6 is 0 Å². The van der Waals surface area contributed by atoms with Crippen LogP contribution in [0, 0.1) is 5.82 Å². The molecule has 0 radical (unpaired) electrons. The second-order valence-corrected chi connectivity index (χ2v) is 8.25. The summed E-state index contributed by atoms with van der Waals surface area (Å²) in [5.41, 5.74) is 3.49. The fraction of sp³-hybridized carbons (Fsp3) is 0.138. The van der Waals surface area contributed by atoms with Gasteiger partial charge < -0.3 is 4.74 Å². The monoisotopic (exact) mass is 484 g/mol. The van der Waals surface area contributed by atoms with Gasteiger partial charge in [-0.2, -0.15) is 0 Å². The Balaban J connectivity index is 1.60.